The van der Waals surface area contributed by atoms with Gasteiger partial charge in [0, 0.05) is 57.9 Å². The monoisotopic (exact) mass is 1110 g/mol. The maximum absolute atomic E-state index is 5.14. The maximum Gasteiger partial charge on any atom is 0.124 e. The zero-order valence-electron chi connectivity index (χ0n) is 44.4. The molecule has 4 aliphatic heterocycles. The van der Waals surface area contributed by atoms with Gasteiger partial charge in [-0.3, -0.25) is 19.9 Å². The highest BCUT2D eigenvalue weighted by Gasteiger charge is 2.19. The summed E-state index contributed by atoms with van der Waals surface area (Å²) in [6.07, 6.45) is 22.7. The first-order chi connectivity index (χ1) is 42.0. The number of aromatic amines is 4. The highest BCUT2D eigenvalue weighted by Crippen LogP contribution is 2.31. The van der Waals surface area contributed by atoms with Crippen molar-refractivity contribution >= 4 is 127 Å². The number of hydrogen-bond donors (Lipinski definition) is 4. The molecular weight excluding hydrogens is 1070 g/mol. The Morgan fingerprint density at radius 1 is 0.294 bits per heavy atom. The molecule has 0 fully saturated rings. The summed E-state index contributed by atoms with van der Waals surface area (Å²) in [5.41, 5.74) is 21.7. The van der Waals surface area contributed by atoms with Crippen molar-refractivity contribution in [1.82, 2.24) is 73.5 Å². The molecule has 16 heteroatoms. The van der Waals surface area contributed by atoms with Crippen LogP contribution in [0.1, 0.15) is 78.9 Å². The quantitative estimate of drug-likeness (QED) is 0.120. The fourth-order valence-electron chi connectivity index (χ4n) is 10.4. The maximum atomic E-state index is 5.14. The van der Waals surface area contributed by atoms with E-state index in [2.05, 4.69) is 65.4 Å². The molecule has 0 spiro atoms. The summed E-state index contributed by atoms with van der Waals surface area (Å²) in [6, 6.07) is 41.6. The Morgan fingerprint density at radius 3 is 1.12 bits per heavy atom. The van der Waals surface area contributed by atoms with Crippen LogP contribution >= 0.6 is 11.7 Å². The summed E-state index contributed by atoms with van der Waals surface area (Å²) < 4.78 is 9.65. The normalized spacial score (nSPS) is 12.0. The second-order valence-electron chi connectivity index (χ2n) is 20.0. The van der Waals surface area contributed by atoms with Crippen LogP contribution in [0.15, 0.2) is 152 Å². The average Bonchev–Trinajstić information content (AvgIpc) is 2.54. The van der Waals surface area contributed by atoms with Crippen molar-refractivity contribution < 1.29 is 0 Å². The first-order valence-corrected chi connectivity index (χ1v) is 27.7. The van der Waals surface area contributed by atoms with Gasteiger partial charge in [-0.15, -0.1) is 0 Å². The zero-order valence-corrected chi connectivity index (χ0v) is 45.2. The largest absolute Gasteiger partial charge is 0.355 e. The van der Waals surface area contributed by atoms with E-state index in [4.69, 9.17) is 43.6 Å². The van der Waals surface area contributed by atoms with Gasteiger partial charge in [-0.1, -0.05) is 47.7 Å². The predicted molar refractivity (Wildman–Crippen MR) is 337 cm³/mol. The van der Waals surface area contributed by atoms with E-state index in [1.807, 2.05) is 176 Å². The molecule has 0 saturated heterocycles. The van der Waals surface area contributed by atoms with Crippen LogP contribution in [0.3, 0.4) is 0 Å². The Kier molecular flexibility index (Phi) is 11.6. The Hall–Kier alpha value is -12.3. The number of nitrogens with zero attached hydrogens (tertiary/aromatic N) is 11. The molecule has 394 valence electrons. The first kappa shape index (κ1) is 48.6. The van der Waals surface area contributed by atoms with E-state index < -0.39 is 0 Å². The van der Waals surface area contributed by atoms with E-state index >= 15 is 0 Å². The number of benzene rings is 1. The molecule has 11 aromatic heterocycles. The van der Waals surface area contributed by atoms with E-state index in [9.17, 15) is 0 Å². The fourth-order valence-corrected chi connectivity index (χ4v) is 11.0. The van der Waals surface area contributed by atoms with Crippen LogP contribution in [-0.2, 0) is 0 Å². The Bertz CT molecular complexity index is 5470. The predicted octanol–water partition coefficient (Wildman–Crippen LogP) is 13.3. The Morgan fingerprint density at radius 2 is 0.682 bits per heavy atom. The van der Waals surface area contributed by atoms with Gasteiger partial charge in [-0.25, -0.2) is 24.9 Å². The summed E-state index contributed by atoms with van der Waals surface area (Å²) in [6.45, 7) is 0. The molecule has 16 bridgehead atoms. The van der Waals surface area contributed by atoms with Crippen LogP contribution in [0.5, 0.6) is 0 Å². The molecule has 16 rings (SSSR count). The van der Waals surface area contributed by atoms with Crippen LogP contribution in [0, 0.1) is 35.5 Å². The van der Waals surface area contributed by atoms with Crippen molar-refractivity contribution in [2.75, 3.05) is 0 Å². The van der Waals surface area contributed by atoms with Gasteiger partial charge in [-0.05, 0) is 164 Å². The third-order valence-corrected chi connectivity index (χ3v) is 14.9. The second-order valence-corrected chi connectivity index (χ2v) is 20.6. The van der Waals surface area contributed by atoms with Crippen LogP contribution in [0.2, 0.25) is 0 Å². The van der Waals surface area contributed by atoms with Gasteiger partial charge in [0.25, 0.3) is 0 Å². The second kappa shape index (κ2) is 20.4. The van der Waals surface area contributed by atoms with Crippen LogP contribution in [0.25, 0.3) is 138 Å². The number of rotatable bonds is 2. The van der Waals surface area contributed by atoms with Gasteiger partial charge in [0.15, 0.2) is 0 Å². The van der Waals surface area contributed by atoms with Crippen LogP contribution < -0.4 is 0 Å². The van der Waals surface area contributed by atoms with Gasteiger partial charge < -0.3 is 19.9 Å². The topological polar surface area (TPSA) is 205 Å². The third-order valence-electron chi connectivity index (χ3n) is 14.4. The van der Waals surface area contributed by atoms with Gasteiger partial charge in [0.2, 0.25) is 0 Å². The molecule has 0 atom stereocenters. The summed E-state index contributed by atoms with van der Waals surface area (Å²) in [5.74, 6) is 20.9. The minimum absolute atomic E-state index is 0.538. The van der Waals surface area contributed by atoms with Crippen LogP contribution in [0.4, 0.5) is 0 Å². The van der Waals surface area contributed by atoms with E-state index in [1.165, 1.54) is 0 Å². The minimum Gasteiger partial charge on any atom is -0.355 e. The molecule has 0 radical (unpaired) electrons. The average molecular weight is 1110 g/mol. The van der Waals surface area contributed by atoms with E-state index in [-0.39, 0.29) is 0 Å². The smallest absolute Gasteiger partial charge is 0.124 e. The highest BCUT2D eigenvalue weighted by atomic mass is 32.1. The van der Waals surface area contributed by atoms with Gasteiger partial charge in [0.05, 0.1) is 124 Å². The molecule has 0 unspecified atom stereocenters. The molecule has 85 heavy (non-hydrogen) atoms. The number of aromatic nitrogens is 15. The lowest BCUT2D eigenvalue weighted by Gasteiger charge is -2.06. The lowest BCUT2D eigenvalue weighted by molar-refractivity contribution is 1.21. The summed E-state index contributed by atoms with van der Waals surface area (Å²) in [5, 5.41) is 0. The number of hydrogen-bond acceptors (Lipinski definition) is 12. The number of H-pyrrole nitrogens is 4. The molecule has 12 aromatic rings. The molecule has 0 amide bonds. The van der Waals surface area contributed by atoms with Crippen molar-refractivity contribution in [3.8, 4) is 58.3 Å². The van der Waals surface area contributed by atoms with Crippen molar-refractivity contribution in [3.05, 3.63) is 231 Å². The first-order valence-electron chi connectivity index (χ1n) is 27.0. The summed E-state index contributed by atoms with van der Waals surface area (Å²) in [7, 11) is 0. The third kappa shape index (κ3) is 9.48. The van der Waals surface area contributed by atoms with Crippen molar-refractivity contribution in [2.24, 2.45) is 0 Å². The molecule has 4 aliphatic rings. The molecule has 4 N–H and O–H groups in total. The SMILES string of the molecule is C(#Cc1c2nc(cc3ccc([nH]3)c(C#Cc3c4nccnc4c(C#Cc4c5nc(cc6ccc(cc7nc(cc8ccc4[nH]8)C=C7)[nH]6)C=C5)c4nsnc34)c3nc(cc4ccc1[nH]4)C=C3)C=C2)c1cc(-c2ccccn2)nc(-c2ccccn2)c1. The van der Waals surface area contributed by atoms with Gasteiger partial charge in [0.1, 0.15) is 22.1 Å². The van der Waals surface area contributed by atoms with Gasteiger partial charge in [-0.2, -0.15) is 8.75 Å². The summed E-state index contributed by atoms with van der Waals surface area (Å²) in [4.78, 5) is 58.2. The van der Waals surface area contributed by atoms with Crippen molar-refractivity contribution in [1.29, 1.82) is 0 Å². The molecule has 0 aliphatic carbocycles. The number of pyridine rings is 3. The molecule has 15 nitrogen and oxygen atoms in total. The lowest BCUT2D eigenvalue weighted by Crippen LogP contribution is -1.95. The molecular formula is C69H37N15S. The zero-order chi connectivity index (χ0) is 56.2. The number of fused-ring (bicyclic) bond motifs is 18. The van der Waals surface area contributed by atoms with E-state index in [0.717, 1.165) is 107 Å². The van der Waals surface area contributed by atoms with Crippen molar-refractivity contribution in [2.45, 2.75) is 0 Å². The Balaban J connectivity index is 0.810. The molecule has 0 saturated carbocycles. The van der Waals surface area contributed by atoms with E-state index in [0.29, 0.717) is 72.8 Å². The minimum atomic E-state index is 0.538. The standard InChI is InChI=1S/C69H37N15S/c1-3-29-70-62(5-1)64-33-40(34-65(82-64)63-6-2-4-30-71-63)7-18-51-56-23-14-47(78-56)38-49-16-27-60(80-49)53(61-28-17-50(81-61)39-48-15-24-57(51)79-48)20-22-55-67-66(72-31-32-73-67)54(68-69(55)84-85-83-68)21-19-52-58-25-12-45(76-58)36-43-10-8-41(74-43)35-42-9-11-44(75-42)37-46-13-26-59(52)77-46/h1-6,8-17,23-39,74,77-78,81H. The van der Waals surface area contributed by atoms with E-state index in [1.54, 1.807) is 24.8 Å². The van der Waals surface area contributed by atoms with Crippen LogP contribution in [-0.4, -0.2) is 73.5 Å². The number of nitrogens with one attached hydrogen (secondary N) is 4. The Labute approximate surface area is 486 Å². The molecule has 15 heterocycles. The summed E-state index contributed by atoms with van der Waals surface area (Å²) >= 11 is 1.08. The van der Waals surface area contributed by atoms with Crippen molar-refractivity contribution in [3.63, 3.8) is 0 Å². The fraction of sp³-hybridized carbons (Fsp3) is 0. The highest BCUT2D eigenvalue weighted by molar-refractivity contribution is 7.00. The molecule has 1 aromatic carbocycles. The van der Waals surface area contributed by atoms with Gasteiger partial charge >= 0.3 is 0 Å². The lowest BCUT2D eigenvalue weighted by atomic mass is 10.0.